The first kappa shape index (κ1) is 14.5. The van der Waals surface area contributed by atoms with Crippen LogP contribution >= 0.6 is 22.6 Å². The summed E-state index contributed by atoms with van der Waals surface area (Å²) in [5.74, 6) is 0.924. The zero-order valence-corrected chi connectivity index (χ0v) is 13.5. The van der Waals surface area contributed by atoms with Crippen molar-refractivity contribution in [3.8, 4) is 5.75 Å². The van der Waals surface area contributed by atoms with Crippen LogP contribution in [0.5, 0.6) is 5.75 Å². The van der Waals surface area contributed by atoms with Crippen LogP contribution in [0.1, 0.15) is 12.8 Å². The van der Waals surface area contributed by atoms with Crippen molar-refractivity contribution in [1.82, 2.24) is 10.2 Å². The van der Waals surface area contributed by atoms with E-state index in [-0.39, 0.29) is 11.9 Å². The fourth-order valence-corrected chi connectivity index (χ4v) is 2.69. The number of anilines is 1. The third-order valence-corrected chi connectivity index (χ3v) is 4.09. The Bertz CT molecular complexity index is 600. The van der Waals surface area contributed by atoms with E-state index in [0.29, 0.717) is 5.75 Å². The van der Waals surface area contributed by atoms with Gasteiger partial charge in [-0.05, 0) is 46.9 Å². The molecule has 1 aliphatic rings. The highest BCUT2D eigenvalue weighted by Crippen LogP contribution is 2.23. The Balaban J connectivity index is 1.58. The molecule has 3 rings (SSSR count). The minimum atomic E-state index is -0.302. The van der Waals surface area contributed by atoms with Gasteiger partial charge in [-0.3, -0.25) is 0 Å². The van der Waals surface area contributed by atoms with Crippen LogP contribution in [0.3, 0.4) is 0 Å². The molecule has 1 fully saturated rings. The van der Waals surface area contributed by atoms with Gasteiger partial charge < -0.3 is 9.64 Å². The Labute approximate surface area is 136 Å². The summed E-state index contributed by atoms with van der Waals surface area (Å²) in [4.78, 5) is 2.18. The number of hydrogen-bond acceptors (Lipinski definition) is 4. The van der Waals surface area contributed by atoms with Crippen molar-refractivity contribution >= 4 is 28.4 Å². The van der Waals surface area contributed by atoms with Crippen LogP contribution in [0.25, 0.3) is 0 Å². The van der Waals surface area contributed by atoms with Crippen LogP contribution in [0, 0.1) is 9.52 Å². The Kier molecular flexibility index (Phi) is 4.52. The van der Waals surface area contributed by atoms with Crippen LogP contribution in [-0.4, -0.2) is 29.4 Å². The third kappa shape index (κ3) is 3.61. The minimum absolute atomic E-state index is 0.0509. The quantitative estimate of drug-likeness (QED) is 0.743. The number of nitrogens with zero attached hydrogens (tertiary/aromatic N) is 3. The monoisotopic (exact) mass is 399 g/mol. The molecule has 0 unspecified atom stereocenters. The van der Waals surface area contributed by atoms with E-state index < -0.39 is 0 Å². The molecule has 1 aliphatic heterocycles. The first-order valence-corrected chi connectivity index (χ1v) is 7.95. The summed E-state index contributed by atoms with van der Waals surface area (Å²) in [6.45, 7) is 1.68. The van der Waals surface area contributed by atoms with E-state index in [1.54, 1.807) is 18.2 Å². The van der Waals surface area contributed by atoms with Gasteiger partial charge in [0.2, 0.25) is 0 Å². The maximum atomic E-state index is 13.6. The molecule has 110 valence electrons. The molecule has 0 radical (unpaired) electrons. The predicted octanol–water partition coefficient (Wildman–Crippen LogP) is 3.27. The highest BCUT2D eigenvalue weighted by Gasteiger charge is 2.22. The molecule has 0 bridgehead atoms. The van der Waals surface area contributed by atoms with Crippen LogP contribution < -0.4 is 9.64 Å². The van der Waals surface area contributed by atoms with Gasteiger partial charge in [0.25, 0.3) is 0 Å². The van der Waals surface area contributed by atoms with Crippen molar-refractivity contribution in [2.75, 3.05) is 18.0 Å². The van der Waals surface area contributed by atoms with E-state index in [1.807, 2.05) is 12.1 Å². The summed E-state index contributed by atoms with van der Waals surface area (Å²) in [5, 5.41) is 8.26. The molecule has 2 aromatic rings. The molecule has 1 saturated heterocycles. The summed E-state index contributed by atoms with van der Waals surface area (Å²) < 4.78 is 20.2. The number of para-hydroxylation sites is 1. The van der Waals surface area contributed by atoms with Crippen LogP contribution in [0.15, 0.2) is 36.4 Å². The predicted molar refractivity (Wildman–Crippen MR) is 87.0 cm³/mol. The molecule has 0 aliphatic carbocycles. The lowest BCUT2D eigenvalue weighted by Crippen LogP contribution is -2.38. The molecule has 6 heteroatoms. The number of aromatic nitrogens is 2. The van der Waals surface area contributed by atoms with E-state index in [2.05, 4.69) is 37.7 Å². The molecule has 21 heavy (non-hydrogen) atoms. The second kappa shape index (κ2) is 6.55. The molecule has 0 atom stereocenters. The Hall–Kier alpha value is -1.44. The van der Waals surface area contributed by atoms with Gasteiger partial charge in [-0.1, -0.05) is 12.1 Å². The molecule has 2 heterocycles. The zero-order valence-electron chi connectivity index (χ0n) is 11.4. The van der Waals surface area contributed by atoms with Crippen molar-refractivity contribution in [3.05, 3.63) is 45.9 Å². The van der Waals surface area contributed by atoms with E-state index in [1.165, 1.54) is 6.07 Å². The lowest BCUT2D eigenvalue weighted by atomic mass is 10.1. The fourth-order valence-electron chi connectivity index (χ4n) is 2.40. The number of piperidine rings is 1. The fraction of sp³-hybridized carbons (Fsp3) is 0.333. The van der Waals surface area contributed by atoms with E-state index in [0.717, 1.165) is 35.4 Å². The Morgan fingerprint density at radius 2 is 1.86 bits per heavy atom. The van der Waals surface area contributed by atoms with Crippen molar-refractivity contribution in [1.29, 1.82) is 0 Å². The van der Waals surface area contributed by atoms with Gasteiger partial charge in [0.05, 0.1) is 0 Å². The van der Waals surface area contributed by atoms with E-state index >= 15 is 0 Å². The minimum Gasteiger partial charge on any atom is -0.487 e. The average Bonchev–Trinajstić information content (AvgIpc) is 2.51. The molecule has 1 aromatic heterocycles. The van der Waals surface area contributed by atoms with Gasteiger partial charge in [0.15, 0.2) is 17.4 Å². The number of hydrogen-bond donors (Lipinski definition) is 0. The zero-order chi connectivity index (χ0) is 14.7. The lowest BCUT2D eigenvalue weighted by Gasteiger charge is -2.32. The van der Waals surface area contributed by atoms with Crippen LogP contribution in [0.4, 0.5) is 10.2 Å². The molecular weight excluding hydrogens is 384 g/mol. The van der Waals surface area contributed by atoms with E-state index in [4.69, 9.17) is 4.74 Å². The summed E-state index contributed by atoms with van der Waals surface area (Å²) in [6.07, 6.45) is 1.75. The van der Waals surface area contributed by atoms with Crippen molar-refractivity contribution in [3.63, 3.8) is 0 Å². The van der Waals surface area contributed by atoms with Gasteiger partial charge in [-0.25, -0.2) is 4.39 Å². The van der Waals surface area contributed by atoms with Gasteiger partial charge >= 0.3 is 0 Å². The van der Waals surface area contributed by atoms with Gasteiger partial charge in [-0.2, -0.15) is 0 Å². The third-order valence-electron chi connectivity index (χ3n) is 3.51. The summed E-state index contributed by atoms with van der Waals surface area (Å²) in [5.41, 5.74) is 0. The summed E-state index contributed by atoms with van der Waals surface area (Å²) in [7, 11) is 0. The van der Waals surface area contributed by atoms with Gasteiger partial charge in [-0.15, -0.1) is 10.2 Å². The normalized spacial score (nSPS) is 16.0. The molecule has 4 nitrogen and oxygen atoms in total. The largest absolute Gasteiger partial charge is 0.487 e. The van der Waals surface area contributed by atoms with Crippen molar-refractivity contribution < 1.29 is 9.13 Å². The topological polar surface area (TPSA) is 38.2 Å². The standard InChI is InChI=1S/C15H15FIN3O/c16-12-3-1-2-4-13(12)21-11-7-9-20(10-8-11)15-6-5-14(17)18-19-15/h1-6,11H,7-10H2. The second-order valence-electron chi connectivity index (χ2n) is 4.95. The molecule has 0 spiro atoms. The first-order chi connectivity index (χ1) is 10.2. The maximum absolute atomic E-state index is 13.6. The maximum Gasteiger partial charge on any atom is 0.165 e. The number of halogens is 2. The number of ether oxygens (including phenoxy) is 1. The van der Waals surface area contributed by atoms with Crippen molar-refractivity contribution in [2.24, 2.45) is 0 Å². The number of rotatable bonds is 3. The van der Waals surface area contributed by atoms with E-state index in [9.17, 15) is 4.39 Å². The highest BCUT2D eigenvalue weighted by molar-refractivity contribution is 14.1. The lowest BCUT2D eigenvalue weighted by molar-refractivity contribution is 0.163. The molecule has 0 N–H and O–H groups in total. The smallest absolute Gasteiger partial charge is 0.165 e. The highest BCUT2D eigenvalue weighted by atomic mass is 127. The average molecular weight is 399 g/mol. The molecular formula is C15H15FIN3O. The second-order valence-corrected chi connectivity index (χ2v) is 6.05. The van der Waals surface area contributed by atoms with Crippen LogP contribution in [0.2, 0.25) is 0 Å². The van der Waals surface area contributed by atoms with Crippen molar-refractivity contribution in [2.45, 2.75) is 18.9 Å². The Morgan fingerprint density at radius 3 is 2.52 bits per heavy atom. The van der Waals surface area contributed by atoms with Crippen LogP contribution in [-0.2, 0) is 0 Å². The molecule has 1 aromatic carbocycles. The summed E-state index contributed by atoms with van der Waals surface area (Å²) >= 11 is 2.14. The first-order valence-electron chi connectivity index (χ1n) is 6.88. The summed E-state index contributed by atoms with van der Waals surface area (Å²) in [6, 6.07) is 10.5. The molecule has 0 amide bonds. The number of benzene rings is 1. The SMILES string of the molecule is Fc1ccccc1OC1CCN(c2ccc(I)nn2)CC1. The molecule has 0 saturated carbocycles. The van der Waals surface area contributed by atoms with Gasteiger partial charge in [0, 0.05) is 25.9 Å². The Morgan fingerprint density at radius 1 is 1.10 bits per heavy atom. The van der Waals surface area contributed by atoms with Gasteiger partial charge in [0.1, 0.15) is 9.80 Å².